The fourth-order valence-electron chi connectivity index (χ4n) is 1.87. The lowest BCUT2D eigenvalue weighted by Gasteiger charge is -2.13. The number of hydrogen-bond acceptors (Lipinski definition) is 2. The highest BCUT2D eigenvalue weighted by atomic mass is 35.5. The van der Waals surface area contributed by atoms with Crippen molar-refractivity contribution in [3.63, 3.8) is 0 Å². The van der Waals surface area contributed by atoms with Crippen LogP contribution in [-0.4, -0.2) is 19.5 Å². The van der Waals surface area contributed by atoms with Gasteiger partial charge in [0, 0.05) is 5.56 Å². The van der Waals surface area contributed by atoms with E-state index < -0.39 is 0 Å². The first kappa shape index (κ1) is 15.3. The lowest BCUT2D eigenvalue weighted by molar-refractivity contribution is -0.885. The molecule has 1 amide bonds. The molecule has 0 aliphatic heterocycles. The Balaban J connectivity index is 1.90. The fourth-order valence-corrected chi connectivity index (χ4v) is 2.89. The zero-order valence-electron chi connectivity index (χ0n) is 11.0. The standard InChI is InChI=1S/C14H14Cl2N2OS/c1-18(7-10-5-6-20-9-10)8-13(19)17-12-4-2-3-11(15)14(12)16/h2-6,9H,7-8H2,1H3,(H,17,19)/p+1. The van der Waals surface area contributed by atoms with Gasteiger partial charge in [-0.15, -0.1) is 0 Å². The Hall–Kier alpha value is -1.07. The number of anilines is 1. The molecule has 0 aliphatic rings. The molecule has 0 saturated heterocycles. The van der Waals surface area contributed by atoms with Gasteiger partial charge < -0.3 is 10.2 Å². The van der Waals surface area contributed by atoms with Crippen molar-refractivity contribution in [1.82, 2.24) is 0 Å². The number of nitrogens with one attached hydrogen (secondary N) is 2. The maximum Gasteiger partial charge on any atom is 0.279 e. The second kappa shape index (κ2) is 7.09. The minimum Gasteiger partial charge on any atom is -0.326 e. The third kappa shape index (κ3) is 4.21. The van der Waals surface area contributed by atoms with Crippen LogP contribution in [0.2, 0.25) is 10.0 Å². The van der Waals surface area contributed by atoms with Crippen LogP contribution in [-0.2, 0) is 11.3 Å². The molecule has 2 N–H and O–H groups in total. The van der Waals surface area contributed by atoms with Gasteiger partial charge in [-0.05, 0) is 29.0 Å². The van der Waals surface area contributed by atoms with E-state index in [-0.39, 0.29) is 5.91 Å². The van der Waals surface area contributed by atoms with Crippen molar-refractivity contribution in [1.29, 1.82) is 0 Å². The number of benzene rings is 1. The Kier molecular flexibility index (Phi) is 5.43. The normalized spacial score (nSPS) is 12.2. The second-order valence-electron chi connectivity index (χ2n) is 4.59. The fraction of sp³-hybridized carbons (Fsp3) is 0.214. The summed E-state index contributed by atoms with van der Waals surface area (Å²) in [6.07, 6.45) is 0. The number of halogens is 2. The molecule has 1 aromatic carbocycles. The van der Waals surface area contributed by atoms with Gasteiger partial charge in [-0.2, -0.15) is 11.3 Å². The molecule has 1 heterocycles. The minimum absolute atomic E-state index is 0.0816. The van der Waals surface area contributed by atoms with Crippen LogP contribution < -0.4 is 10.2 Å². The Bertz CT molecular complexity index is 587. The van der Waals surface area contributed by atoms with Crippen LogP contribution in [0.25, 0.3) is 0 Å². The van der Waals surface area contributed by atoms with Gasteiger partial charge in [0.05, 0.1) is 22.8 Å². The van der Waals surface area contributed by atoms with Crippen molar-refractivity contribution in [2.75, 3.05) is 18.9 Å². The van der Waals surface area contributed by atoms with Crippen molar-refractivity contribution in [2.45, 2.75) is 6.54 Å². The molecule has 3 nitrogen and oxygen atoms in total. The SMILES string of the molecule is C[NH+](CC(=O)Nc1cccc(Cl)c1Cl)Cc1ccsc1. The Morgan fingerprint density at radius 3 is 2.85 bits per heavy atom. The van der Waals surface area contributed by atoms with Crippen molar-refractivity contribution in [2.24, 2.45) is 0 Å². The van der Waals surface area contributed by atoms with Crippen LogP contribution in [0.5, 0.6) is 0 Å². The summed E-state index contributed by atoms with van der Waals surface area (Å²) in [4.78, 5) is 13.1. The molecule has 20 heavy (non-hydrogen) atoms. The van der Waals surface area contributed by atoms with Crippen LogP contribution >= 0.6 is 34.5 Å². The van der Waals surface area contributed by atoms with E-state index in [1.165, 1.54) is 5.56 Å². The highest BCUT2D eigenvalue weighted by Crippen LogP contribution is 2.29. The van der Waals surface area contributed by atoms with Gasteiger partial charge in [-0.25, -0.2) is 0 Å². The molecule has 0 fully saturated rings. The Morgan fingerprint density at radius 1 is 1.35 bits per heavy atom. The zero-order valence-corrected chi connectivity index (χ0v) is 13.3. The molecule has 106 valence electrons. The van der Waals surface area contributed by atoms with E-state index in [1.807, 2.05) is 12.4 Å². The maximum absolute atomic E-state index is 12.0. The molecule has 0 bridgehead atoms. The van der Waals surface area contributed by atoms with E-state index in [2.05, 4.69) is 16.8 Å². The van der Waals surface area contributed by atoms with E-state index in [0.29, 0.717) is 22.3 Å². The number of rotatable bonds is 5. The van der Waals surface area contributed by atoms with Crippen molar-refractivity contribution < 1.29 is 9.69 Å². The topological polar surface area (TPSA) is 33.5 Å². The van der Waals surface area contributed by atoms with Gasteiger partial charge in [0.2, 0.25) is 0 Å². The first-order valence-corrected chi connectivity index (χ1v) is 7.82. The van der Waals surface area contributed by atoms with E-state index in [9.17, 15) is 4.79 Å². The molecule has 0 saturated carbocycles. The monoisotopic (exact) mass is 329 g/mol. The number of thiophene rings is 1. The largest absolute Gasteiger partial charge is 0.326 e. The molecular formula is C14H15Cl2N2OS+. The van der Waals surface area contributed by atoms with Crippen LogP contribution in [0.15, 0.2) is 35.0 Å². The summed E-state index contributed by atoms with van der Waals surface area (Å²) >= 11 is 13.6. The molecule has 0 spiro atoms. The average molecular weight is 330 g/mol. The molecule has 1 atom stereocenters. The highest BCUT2D eigenvalue weighted by molar-refractivity contribution is 7.07. The quantitative estimate of drug-likeness (QED) is 0.868. The summed E-state index contributed by atoms with van der Waals surface area (Å²) in [7, 11) is 1.98. The zero-order chi connectivity index (χ0) is 14.5. The molecule has 6 heteroatoms. The average Bonchev–Trinajstić information content (AvgIpc) is 2.87. The Labute approximate surface area is 132 Å². The number of amides is 1. The third-order valence-corrected chi connectivity index (χ3v) is 4.32. The smallest absolute Gasteiger partial charge is 0.279 e. The second-order valence-corrected chi connectivity index (χ2v) is 6.16. The van der Waals surface area contributed by atoms with Gasteiger partial charge in [-0.1, -0.05) is 29.3 Å². The van der Waals surface area contributed by atoms with Crippen LogP contribution in [0.4, 0.5) is 5.69 Å². The number of carbonyl (C=O) groups excluding carboxylic acids is 1. The van der Waals surface area contributed by atoms with E-state index in [4.69, 9.17) is 23.2 Å². The van der Waals surface area contributed by atoms with Crippen molar-refractivity contribution in [3.05, 3.63) is 50.6 Å². The van der Waals surface area contributed by atoms with E-state index >= 15 is 0 Å². The summed E-state index contributed by atoms with van der Waals surface area (Å²) in [5.74, 6) is -0.0816. The molecule has 2 rings (SSSR count). The van der Waals surface area contributed by atoms with Gasteiger partial charge in [0.15, 0.2) is 6.54 Å². The van der Waals surface area contributed by atoms with Gasteiger partial charge in [0.1, 0.15) is 6.54 Å². The predicted molar refractivity (Wildman–Crippen MR) is 84.9 cm³/mol. The number of carbonyl (C=O) groups is 1. The number of hydrogen-bond donors (Lipinski definition) is 2. The highest BCUT2D eigenvalue weighted by Gasteiger charge is 2.13. The van der Waals surface area contributed by atoms with Gasteiger partial charge >= 0.3 is 0 Å². The van der Waals surface area contributed by atoms with Crippen molar-refractivity contribution in [3.8, 4) is 0 Å². The van der Waals surface area contributed by atoms with E-state index in [0.717, 1.165) is 11.4 Å². The molecule has 2 aromatic rings. The summed E-state index contributed by atoms with van der Waals surface area (Å²) in [6.45, 7) is 1.19. The summed E-state index contributed by atoms with van der Waals surface area (Å²) in [5, 5.41) is 7.72. The Morgan fingerprint density at radius 2 is 2.15 bits per heavy atom. The molecule has 1 unspecified atom stereocenters. The van der Waals surface area contributed by atoms with Crippen molar-refractivity contribution >= 4 is 46.1 Å². The van der Waals surface area contributed by atoms with Crippen LogP contribution in [0.1, 0.15) is 5.56 Å². The summed E-state index contributed by atoms with van der Waals surface area (Å²) in [6, 6.07) is 7.25. The molecule has 1 aromatic heterocycles. The van der Waals surface area contributed by atoms with Crippen LogP contribution in [0.3, 0.4) is 0 Å². The lowest BCUT2D eigenvalue weighted by Crippen LogP contribution is -3.08. The summed E-state index contributed by atoms with van der Waals surface area (Å²) in [5.41, 5.74) is 1.79. The first-order valence-electron chi connectivity index (χ1n) is 6.12. The van der Waals surface area contributed by atoms with Gasteiger partial charge in [-0.3, -0.25) is 4.79 Å². The molecular weight excluding hydrogens is 315 g/mol. The summed E-state index contributed by atoms with van der Waals surface area (Å²) < 4.78 is 0. The minimum atomic E-state index is -0.0816. The maximum atomic E-state index is 12.0. The third-order valence-electron chi connectivity index (χ3n) is 2.77. The molecule has 0 radical (unpaired) electrons. The first-order chi connectivity index (χ1) is 9.56. The molecule has 0 aliphatic carbocycles. The lowest BCUT2D eigenvalue weighted by atomic mass is 10.3. The van der Waals surface area contributed by atoms with Crippen LogP contribution in [0, 0.1) is 0 Å². The number of likely N-dealkylation sites (N-methyl/N-ethyl adjacent to an activating group) is 1. The predicted octanol–water partition coefficient (Wildman–Crippen LogP) is 2.71. The van der Waals surface area contributed by atoms with Gasteiger partial charge in [0.25, 0.3) is 5.91 Å². The van der Waals surface area contributed by atoms with E-state index in [1.54, 1.807) is 29.5 Å². The number of quaternary nitrogens is 1.